The molecule has 4 rings (SSSR count). The van der Waals surface area contributed by atoms with Crippen LogP contribution in [0.2, 0.25) is 0 Å². The number of amides is 2. The van der Waals surface area contributed by atoms with E-state index in [1.807, 2.05) is 0 Å². The number of methoxy groups -OCH3 is 1. The van der Waals surface area contributed by atoms with E-state index in [-0.39, 0.29) is 40.5 Å². The van der Waals surface area contributed by atoms with Crippen molar-refractivity contribution in [2.24, 2.45) is 0 Å². The zero-order chi connectivity index (χ0) is 36.4. The summed E-state index contributed by atoms with van der Waals surface area (Å²) in [6, 6.07) is -0.514. The van der Waals surface area contributed by atoms with E-state index in [9.17, 15) is 29.1 Å². The Kier molecular flexibility index (Phi) is 10.9. The van der Waals surface area contributed by atoms with E-state index in [0.717, 1.165) is 18.9 Å². The second-order valence-corrected chi connectivity index (χ2v) is 14.2. The number of piperidine rings is 1. The van der Waals surface area contributed by atoms with Crippen LogP contribution < -0.4 is 25.7 Å². The lowest BCUT2D eigenvalue weighted by Gasteiger charge is -2.33. The van der Waals surface area contributed by atoms with Crippen molar-refractivity contribution in [2.75, 3.05) is 31.6 Å². The number of aromatic carboxylic acids is 1. The van der Waals surface area contributed by atoms with Gasteiger partial charge in [-0.2, -0.15) is 0 Å². The number of esters is 1. The summed E-state index contributed by atoms with van der Waals surface area (Å²) in [4.78, 5) is 64.5. The smallest absolute Gasteiger partial charge is 0.408 e. The molecule has 1 aliphatic heterocycles. The average Bonchev–Trinajstić information content (AvgIpc) is 3.82. The Bertz CT molecular complexity index is 1710. The molecule has 1 saturated carbocycles. The molecule has 0 bridgehead atoms. The fraction of sp³-hybridized carbons (Fsp3) is 0.559. The molecule has 13 nitrogen and oxygen atoms in total. The highest BCUT2D eigenvalue weighted by Gasteiger charge is 2.33. The number of fused-ring (bicyclic) bond motifs is 1. The number of carboxylic acids is 1. The van der Waals surface area contributed by atoms with Crippen molar-refractivity contribution in [3.8, 4) is 5.75 Å². The van der Waals surface area contributed by atoms with Crippen molar-refractivity contribution in [1.29, 1.82) is 0 Å². The minimum absolute atomic E-state index is 0.0000963. The molecular weight excluding hydrogens is 646 g/mol. The average molecular weight is 691 g/mol. The molecule has 2 amide bonds. The highest BCUT2D eigenvalue weighted by atomic mass is 19.1. The third-order valence-electron chi connectivity index (χ3n) is 7.78. The van der Waals surface area contributed by atoms with E-state index in [0.29, 0.717) is 19.4 Å². The van der Waals surface area contributed by atoms with Crippen LogP contribution in [0.1, 0.15) is 90.0 Å². The number of aromatic nitrogens is 1. The van der Waals surface area contributed by atoms with Crippen LogP contribution in [0.4, 0.5) is 19.3 Å². The quantitative estimate of drug-likeness (QED) is 0.297. The van der Waals surface area contributed by atoms with Crippen LogP contribution in [0, 0.1) is 5.82 Å². The van der Waals surface area contributed by atoms with Gasteiger partial charge in [0.1, 0.15) is 34.3 Å². The molecule has 268 valence electrons. The van der Waals surface area contributed by atoms with Gasteiger partial charge in [0, 0.05) is 25.3 Å². The number of alkyl carbamates (subject to hydrolysis) is 1. The SMILES string of the molecule is COc1c(N2CCC/C(=C(\F)CNC(=O)[C@H](CC(=O)OC(C)(C)C)NC(=O)OC(C)(C)C)C2)c(F)cc2c(=O)c(C(=O)O)cn(C3CC3)c12. The van der Waals surface area contributed by atoms with Gasteiger partial charge in [-0.05, 0) is 78.9 Å². The van der Waals surface area contributed by atoms with Gasteiger partial charge in [-0.1, -0.05) is 0 Å². The molecule has 0 spiro atoms. The number of pyridine rings is 1. The summed E-state index contributed by atoms with van der Waals surface area (Å²) >= 11 is 0. The summed E-state index contributed by atoms with van der Waals surface area (Å²) in [5.41, 5.74) is -2.51. The maximum absolute atomic E-state index is 15.8. The zero-order valence-electron chi connectivity index (χ0n) is 28.8. The number of rotatable bonds is 10. The molecule has 1 aliphatic carbocycles. The fourth-order valence-electron chi connectivity index (χ4n) is 5.63. The molecule has 2 aromatic rings. The number of carbonyl (C=O) groups excluding carboxylic acids is 3. The molecule has 2 fully saturated rings. The highest BCUT2D eigenvalue weighted by molar-refractivity contribution is 5.97. The number of benzene rings is 1. The molecule has 1 saturated heterocycles. The first-order valence-electron chi connectivity index (χ1n) is 16.1. The summed E-state index contributed by atoms with van der Waals surface area (Å²) in [5.74, 6) is -4.52. The van der Waals surface area contributed by atoms with Gasteiger partial charge < -0.3 is 39.4 Å². The number of carboxylic acid groups (broad SMARTS) is 1. The number of carbonyl (C=O) groups is 4. The topological polar surface area (TPSA) is 166 Å². The van der Waals surface area contributed by atoms with Gasteiger partial charge in [0.15, 0.2) is 11.6 Å². The molecule has 49 heavy (non-hydrogen) atoms. The van der Waals surface area contributed by atoms with Crippen LogP contribution in [0.3, 0.4) is 0 Å². The van der Waals surface area contributed by atoms with E-state index in [2.05, 4.69) is 10.6 Å². The predicted molar refractivity (Wildman–Crippen MR) is 176 cm³/mol. The van der Waals surface area contributed by atoms with Crippen molar-refractivity contribution in [1.82, 2.24) is 15.2 Å². The van der Waals surface area contributed by atoms with Crippen molar-refractivity contribution in [2.45, 2.75) is 96.9 Å². The number of halogens is 2. The molecule has 2 heterocycles. The van der Waals surface area contributed by atoms with Gasteiger partial charge in [0.2, 0.25) is 11.3 Å². The molecule has 1 atom stereocenters. The first-order chi connectivity index (χ1) is 22.8. The van der Waals surface area contributed by atoms with Gasteiger partial charge in [-0.15, -0.1) is 0 Å². The summed E-state index contributed by atoms with van der Waals surface area (Å²) in [6.45, 7) is 9.52. The normalized spacial score (nSPS) is 16.9. The van der Waals surface area contributed by atoms with Crippen LogP contribution in [-0.4, -0.2) is 77.6 Å². The Morgan fingerprint density at radius 2 is 1.73 bits per heavy atom. The number of hydrogen-bond donors (Lipinski definition) is 3. The molecule has 2 aliphatic rings. The number of nitrogens with one attached hydrogen (secondary N) is 2. The first kappa shape index (κ1) is 37.1. The summed E-state index contributed by atoms with van der Waals surface area (Å²) in [5, 5.41) is 14.2. The van der Waals surface area contributed by atoms with Crippen LogP contribution >= 0.6 is 0 Å². The number of hydrogen-bond acceptors (Lipinski definition) is 9. The predicted octanol–water partition coefficient (Wildman–Crippen LogP) is 4.75. The standard InChI is InChI=1S/C34H44F2N4O9/c1-33(2,3)48-25(41)14-24(38-32(46)49-34(4,5)6)30(43)37-15-23(36)18-9-8-12-39(16-18)27-22(35)13-20-26(29(27)47-7)40(19-10-11-19)17-21(28(20)42)31(44)45/h13,17,19,24H,8-12,14-16H2,1-7H3,(H,37,43)(H,38,46)(H,44,45)/b23-18+/t24-/m0/s1. The van der Waals surface area contributed by atoms with E-state index in [4.69, 9.17) is 14.2 Å². The van der Waals surface area contributed by atoms with E-state index in [1.54, 1.807) is 51.0 Å². The third-order valence-corrected chi connectivity index (χ3v) is 7.78. The largest absolute Gasteiger partial charge is 0.492 e. The van der Waals surface area contributed by atoms with E-state index >= 15 is 8.78 Å². The van der Waals surface area contributed by atoms with Crippen molar-refractivity contribution < 1.29 is 47.3 Å². The number of nitrogens with zero attached hydrogens (tertiary/aromatic N) is 2. The Balaban J connectivity index is 1.58. The lowest BCUT2D eigenvalue weighted by molar-refractivity contribution is -0.156. The lowest BCUT2D eigenvalue weighted by atomic mass is 10.0. The summed E-state index contributed by atoms with van der Waals surface area (Å²) in [7, 11) is 1.32. The van der Waals surface area contributed by atoms with Crippen LogP contribution in [0.25, 0.3) is 10.9 Å². The Morgan fingerprint density at radius 3 is 2.31 bits per heavy atom. The Hall–Kier alpha value is -4.69. The minimum atomic E-state index is -1.42. The molecule has 0 radical (unpaired) electrons. The van der Waals surface area contributed by atoms with Crippen molar-refractivity contribution in [3.63, 3.8) is 0 Å². The fourth-order valence-corrected chi connectivity index (χ4v) is 5.63. The van der Waals surface area contributed by atoms with Gasteiger partial charge in [0.05, 0.1) is 31.0 Å². The van der Waals surface area contributed by atoms with Gasteiger partial charge >= 0.3 is 18.0 Å². The maximum Gasteiger partial charge on any atom is 0.408 e. The van der Waals surface area contributed by atoms with Gasteiger partial charge in [-0.25, -0.2) is 18.4 Å². The first-order valence-corrected chi connectivity index (χ1v) is 16.1. The maximum atomic E-state index is 15.8. The molecule has 15 heteroatoms. The summed E-state index contributed by atoms with van der Waals surface area (Å²) < 4.78 is 49.3. The van der Waals surface area contributed by atoms with Crippen LogP contribution in [0.5, 0.6) is 5.75 Å². The Morgan fingerprint density at radius 1 is 1.08 bits per heavy atom. The number of ether oxygens (including phenoxy) is 3. The van der Waals surface area contributed by atoms with E-state index < -0.39 is 76.8 Å². The number of anilines is 1. The lowest BCUT2D eigenvalue weighted by Crippen LogP contribution is -2.50. The molecule has 3 N–H and O–H groups in total. The molecule has 0 unspecified atom stereocenters. The van der Waals surface area contributed by atoms with Gasteiger partial charge in [-0.3, -0.25) is 14.4 Å². The molecule has 1 aromatic heterocycles. The molecule has 1 aromatic carbocycles. The van der Waals surface area contributed by atoms with Crippen LogP contribution in [0.15, 0.2) is 28.5 Å². The molecular formula is C34H44F2N4O9. The monoisotopic (exact) mass is 690 g/mol. The second kappa shape index (κ2) is 14.4. The highest BCUT2D eigenvalue weighted by Crippen LogP contribution is 2.44. The van der Waals surface area contributed by atoms with Crippen molar-refractivity contribution >= 4 is 40.5 Å². The van der Waals surface area contributed by atoms with Gasteiger partial charge in [0.25, 0.3) is 0 Å². The van der Waals surface area contributed by atoms with Crippen LogP contribution in [-0.2, 0) is 19.1 Å². The minimum Gasteiger partial charge on any atom is -0.492 e. The zero-order valence-corrected chi connectivity index (χ0v) is 28.8. The van der Waals surface area contributed by atoms with Crippen molar-refractivity contribution in [3.05, 3.63) is 45.3 Å². The third kappa shape index (κ3) is 9.27. The summed E-state index contributed by atoms with van der Waals surface area (Å²) in [6.07, 6.45) is 1.99. The Labute approximate surface area is 282 Å². The second-order valence-electron chi connectivity index (χ2n) is 14.2. The van der Waals surface area contributed by atoms with E-state index in [1.165, 1.54) is 13.3 Å².